The zero-order chi connectivity index (χ0) is 21.7. The van der Waals surface area contributed by atoms with Crippen LogP contribution >= 0.6 is 0 Å². The van der Waals surface area contributed by atoms with Crippen LogP contribution in [0.5, 0.6) is 5.75 Å². The number of carbonyl (C=O) groups is 2. The number of aryl methyl sites for hydroxylation is 1. The molecule has 1 aliphatic heterocycles. The Morgan fingerprint density at radius 1 is 1.13 bits per heavy atom. The molecule has 1 N–H and O–H groups in total. The maximum atomic E-state index is 12.7. The molecule has 5 heteroatoms. The van der Waals surface area contributed by atoms with Crippen molar-refractivity contribution in [2.45, 2.75) is 59.1 Å². The van der Waals surface area contributed by atoms with Crippen molar-refractivity contribution in [1.29, 1.82) is 0 Å². The molecule has 2 atom stereocenters. The first kappa shape index (κ1) is 21.9. The first-order valence-corrected chi connectivity index (χ1v) is 10.9. The normalized spacial score (nSPS) is 16.5. The Balaban J connectivity index is 1.99. The fourth-order valence-corrected chi connectivity index (χ4v) is 4.02. The van der Waals surface area contributed by atoms with Gasteiger partial charge >= 0.3 is 0 Å². The van der Waals surface area contributed by atoms with Gasteiger partial charge in [-0.25, -0.2) is 0 Å². The van der Waals surface area contributed by atoms with E-state index in [1.54, 1.807) is 0 Å². The van der Waals surface area contributed by atoms with Crippen LogP contribution in [0.15, 0.2) is 42.5 Å². The summed E-state index contributed by atoms with van der Waals surface area (Å²) in [6.45, 7) is 9.08. The third-order valence-electron chi connectivity index (χ3n) is 5.65. The molecule has 0 saturated heterocycles. The minimum atomic E-state index is -0.530. The zero-order valence-electron chi connectivity index (χ0n) is 18.4. The lowest BCUT2D eigenvalue weighted by atomic mass is 9.87. The molecule has 2 aromatic carbocycles. The molecular weight excluding hydrogens is 376 g/mol. The summed E-state index contributed by atoms with van der Waals surface area (Å²) in [5.74, 6) is 0.705. The lowest BCUT2D eigenvalue weighted by molar-refractivity contribution is -0.133. The molecule has 1 heterocycles. The van der Waals surface area contributed by atoms with Gasteiger partial charge < -0.3 is 15.0 Å². The Hall–Kier alpha value is -2.82. The Morgan fingerprint density at radius 2 is 1.87 bits per heavy atom. The van der Waals surface area contributed by atoms with Crippen LogP contribution in [0.1, 0.15) is 61.9 Å². The van der Waals surface area contributed by atoms with Gasteiger partial charge in [-0.05, 0) is 55.5 Å². The lowest BCUT2D eigenvalue weighted by Crippen LogP contribution is -2.40. The number of likely N-dealkylation sites (N-methyl/N-ethyl adjacent to an activating group) is 1. The van der Waals surface area contributed by atoms with E-state index in [0.717, 1.165) is 17.5 Å². The van der Waals surface area contributed by atoms with Crippen LogP contribution in [-0.4, -0.2) is 35.9 Å². The van der Waals surface area contributed by atoms with Crippen molar-refractivity contribution in [3.05, 3.63) is 64.7 Å². The maximum Gasteiger partial charge on any atom is 0.261 e. The van der Waals surface area contributed by atoms with E-state index in [-0.39, 0.29) is 17.9 Å². The highest BCUT2D eigenvalue weighted by atomic mass is 16.5. The van der Waals surface area contributed by atoms with Gasteiger partial charge in [-0.15, -0.1) is 0 Å². The van der Waals surface area contributed by atoms with E-state index in [0.29, 0.717) is 31.7 Å². The largest absolute Gasteiger partial charge is 0.481 e. The Labute approximate surface area is 179 Å². The molecule has 30 heavy (non-hydrogen) atoms. The number of amides is 2. The predicted molar refractivity (Wildman–Crippen MR) is 119 cm³/mol. The number of rotatable bonds is 7. The molecule has 0 radical (unpaired) electrons. The molecule has 1 aliphatic rings. The van der Waals surface area contributed by atoms with E-state index >= 15 is 0 Å². The third-order valence-corrected chi connectivity index (χ3v) is 5.65. The average molecular weight is 409 g/mol. The standard InChI is InChI=1S/C25H32N2O3/c1-5-22(25(29)26-7-3)30-20-13-12-18-14-15-27(23(28)6-2)24(21(18)16-20)19-10-8-17(4)9-11-19/h8-13,16,22,24H,5-7,14-15H2,1-4H3,(H,26,29)/t22-,24+/m1/s1. The van der Waals surface area contributed by atoms with E-state index < -0.39 is 6.10 Å². The molecule has 0 aromatic heterocycles. The van der Waals surface area contributed by atoms with E-state index in [4.69, 9.17) is 4.74 Å². The first-order chi connectivity index (χ1) is 14.5. The fourth-order valence-electron chi connectivity index (χ4n) is 4.02. The van der Waals surface area contributed by atoms with Gasteiger partial charge in [0.1, 0.15) is 5.75 Å². The highest BCUT2D eigenvalue weighted by Gasteiger charge is 2.32. The van der Waals surface area contributed by atoms with E-state index in [9.17, 15) is 9.59 Å². The van der Waals surface area contributed by atoms with Gasteiger partial charge in [0.15, 0.2) is 6.10 Å². The van der Waals surface area contributed by atoms with Gasteiger partial charge in [0.2, 0.25) is 5.91 Å². The van der Waals surface area contributed by atoms with Crippen molar-refractivity contribution in [3.8, 4) is 5.75 Å². The smallest absolute Gasteiger partial charge is 0.261 e. The average Bonchev–Trinajstić information content (AvgIpc) is 2.76. The molecule has 0 saturated carbocycles. The van der Waals surface area contributed by atoms with Crippen LogP contribution in [0.4, 0.5) is 0 Å². The minimum absolute atomic E-state index is 0.101. The second-order valence-corrected chi connectivity index (χ2v) is 7.77. The van der Waals surface area contributed by atoms with Crippen molar-refractivity contribution >= 4 is 11.8 Å². The SMILES string of the molecule is CCNC(=O)[C@@H](CC)Oc1ccc2c(c1)[C@H](c1ccc(C)cc1)N(C(=O)CC)CC2. The van der Waals surface area contributed by atoms with Crippen molar-refractivity contribution in [3.63, 3.8) is 0 Å². The summed E-state index contributed by atoms with van der Waals surface area (Å²) >= 11 is 0. The maximum absolute atomic E-state index is 12.7. The van der Waals surface area contributed by atoms with Crippen LogP contribution < -0.4 is 10.1 Å². The van der Waals surface area contributed by atoms with E-state index in [1.165, 1.54) is 11.1 Å². The molecule has 160 valence electrons. The topological polar surface area (TPSA) is 58.6 Å². The quantitative estimate of drug-likeness (QED) is 0.748. The third kappa shape index (κ3) is 4.66. The number of carbonyl (C=O) groups excluding carboxylic acids is 2. The Bertz CT molecular complexity index is 892. The molecule has 2 amide bonds. The molecule has 0 aliphatic carbocycles. The molecule has 0 fully saturated rings. The van der Waals surface area contributed by atoms with Gasteiger partial charge in [-0.1, -0.05) is 49.7 Å². The number of hydrogen-bond acceptors (Lipinski definition) is 3. The molecule has 2 aromatic rings. The summed E-state index contributed by atoms with van der Waals surface area (Å²) in [7, 11) is 0. The zero-order valence-corrected chi connectivity index (χ0v) is 18.4. The first-order valence-electron chi connectivity index (χ1n) is 10.9. The van der Waals surface area contributed by atoms with Crippen molar-refractivity contribution in [2.75, 3.05) is 13.1 Å². The second kappa shape index (κ2) is 9.79. The Kier molecular flexibility index (Phi) is 7.14. The number of benzene rings is 2. The molecule has 0 unspecified atom stereocenters. The summed E-state index contributed by atoms with van der Waals surface area (Å²) in [6.07, 6.45) is 1.35. The van der Waals surface area contributed by atoms with Gasteiger partial charge in [0, 0.05) is 19.5 Å². The van der Waals surface area contributed by atoms with Crippen LogP contribution in [0.3, 0.4) is 0 Å². The second-order valence-electron chi connectivity index (χ2n) is 7.77. The molecule has 5 nitrogen and oxygen atoms in total. The number of hydrogen-bond donors (Lipinski definition) is 1. The summed E-state index contributed by atoms with van der Waals surface area (Å²) in [5, 5.41) is 2.83. The van der Waals surface area contributed by atoms with Gasteiger partial charge in [0.05, 0.1) is 6.04 Å². The van der Waals surface area contributed by atoms with Crippen LogP contribution in [0.2, 0.25) is 0 Å². The number of nitrogens with zero attached hydrogens (tertiary/aromatic N) is 1. The predicted octanol–water partition coefficient (Wildman–Crippen LogP) is 4.17. The molecule has 0 bridgehead atoms. The van der Waals surface area contributed by atoms with E-state index in [2.05, 4.69) is 42.6 Å². The van der Waals surface area contributed by atoms with Crippen LogP contribution in [0.25, 0.3) is 0 Å². The summed E-state index contributed by atoms with van der Waals surface area (Å²) in [4.78, 5) is 27.0. The van der Waals surface area contributed by atoms with Crippen molar-refractivity contribution in [1.82, 2.24) is 10.2 Å². The van der Waals surface area contributed by atoms with Gasteiger partial charge in [0.25, 0.3) is 5.91 Å². The number of ether oxygens (including phenoxy) is 1. The summed E-state index contributed by atoms with van der Waals surface area (Å²) in [6, 6.07) is 14.2. The number of nitrogens with one attached hydrogen (secondary N) is 1. The summed E-state index contributed by atoms with van der Waals surface area (Å²) in [5.41, 5.74) is 4.58. The fraction of sp³-hybridized carbons (Fsp3) is 0.440. The highest BCUT2D eigenvalue weighted by Crippen LogP contribution is 2.37. The van der Waals surface area contributed by atoms with Gasteiger partial charge in [-0.3, -0.25) is 9.59 Å². The lowest BCUT2D eigenvalue weighted by Gasteiger charge is -2.38. The summed E-state index contributed by atoms with van der Waals surface area (Å²) < 4.78 is 6.05. The van der Waals surface area contributed by atoms with Crippen molar-refractivity contribution < 1.29 is 14.3 Å². The minimum Gasteiger partial charge on any atom is -0.481 e. The van der Waals surface area contributed by atoms with Gasteiger partial charge in [-0.2, -0.15) is 0 Å². The Morgan fingerprint density at radius 3 is 2.50 bits per heavy atom. The highest BCUT2D eigenvalue weighted by molar-refractivity contribution is 5.81. The monoisotopic (exact) mass is 408 g/mol. The molecule has 3 rings (SSSR count). The molecule has 0 spiro atoms. The van der Waals surface area contributed by atoms with Crippen LogP contribution in [-0.2, 0) is 16.0 Å². The molecular formula is C25H32N2O3. The van der Waals surface area contributed by atoms with E-state index in [1.807, 2.05) is 37.8 Å². The number of fused-ring (bicyclic) bond motifs is 1. The van der Waals surface area contributed by atoms with Crippen LogP contribution in [0, 0.1) is 6.92 Å². The van der Waals surface area contributed by atoms with Crippen molar-refractivity contribution in [2.24, 2.45) is 0 Å².